The predicted molar refractivity (Wildman–Crippen MR) is 147 cm³/mol. The highest BCUT2D eigenvalue weighted by atomic mass is 19.1. The number of hydrogen-bond acceptors (Lipinski definition) is 4. The molecule has 1 aliphatic rings. The molecule has 4 nitrogen and oxygen atoms in total. The standard InChI is InChI=1S/C32H33F2NO3/c1-3-4-5-6-15-35(2)16-17-37-25-11-7-21(8-12-25)32-30-26-14-10-24(36)18-22(26)9-13-27(30)31-28(34)19-23(33)20-29(31)38-32/h7-14,18-20,32,36H,3-6,15-17H2,1-2H3. The SMILES string of the molecule is CCCCCCN(C)CCOc1ccc(C2Oc3cc(F)cc(F)c3-c3ccc4cc(O)ccc4c32)cc1. The molecule has 6 heteroatoms. The van der Waals surface area contributed by atoms with Gasteiger partial charge in [-0.25, -0.2) is 8.78 Å². The van der Waals surface area contributed by atoms with Gasteiger partial charge < -0.3 is 19.5 Å². The van der Waals surface area contributed by atoms with E-state index >= 15 is 0 Å². The summed E-state index contributed by atoms with van der Waals surface area (Å²) < 4.78 is 41.3. The van der Waals surface area contributed by atoms with Gasteiger partial charge in [0.05, 0.1) is 5.56 Å². The minimum atomic E-state index is -0.687. The van der Waals surface area contributed by atoms with Crippen molar-refractivity contribution in [3.63, 3.8) is 0 Å². The molecule has 0 saturated heterocycles. The minimum absolute atomic E-state index is 0.146. The Labute approximate surface area is 222 Å². The van der Waals surface area contributed by atoms with Gasteiger partial charge in [0.15, 0.2) is 6.10 Å². The summed E-state index contributed by atoms with van der Waals surface area (Å²) in [5.41, 5.74) is 2.50. The highest BCUT2D eigenvalue weighted by molar-refractivity contribution is 5.95. The van der Waals surface area contributed by atoms with Crippen molar-refractivity contribution in [1.82, 2.24) is 4.90 Å². The van der Waals surface area contributed by atoms with Crippen molar-refractivity contribution in [2.24, 2.45) is 0 Å². The quantitative estimate of drug-likeness (QED) is 0.217. The van der Waals surface area contributed by atoms with E-state index in [1.165, 1.54) is 31.7 Å². The molecule has 0 fully saturated rings. The van der Waals surface area contributed by atoms with Gasteiger partial charge in [0.25, 0.3) is 0 Å². The van der Waals surface area contributed by atoms with Crippen molar-refractivity contribution in [3.05, 3.63) is 89.5 Å². The number of halogens is 2. The van der Waals surface area contributed by atoms with E-state index in [2.05, 4.69) is 18.9 Å². The molecule has 0 aromatic heterocycles. The van der Waals surface area contributed by atoms with Gasteiger partial charge in [0.1, 0.15) is 35.5 Å². The Bertz CT molecular complexity index is 1420. The molecule has 0 saturated carbocycles. The Morgan fingerprint density at radius 2 is 1.74 bits per heavy atom. The number of ether oxygens (including phenoxy) is 2. The summed E-state index contributed by atoms with van der Waals surface area (Å²) in [5.74, 6) is -0.289. The Kier molecular flexibility index (Phi) is 7.79. The first kappa shape index (κ1) is 26.0. The average molecular weight is 518 g/mol. The number of aromatic hydroxyl groups is 1. The highest BCUT2D eigenvalue weighted by Gasteiger charge is 2.32. The van der Waals surface area contributed by atoms with E-state index in [4.69, 9.17) is 9.47 Å². The third kappa shape index (κ3) is 5.46. The highest BCUT2D eigenvalue weighted by Crippen LogP contribution is 2.49. The summed E-state index contributed by atoms with van der Waals surface area (Å²) in [5, 5.41) is 11.6. The third-order valence-electron chi connectivity index (χ3n) is 7.16. The second-order valence-electron chi connectivity index (χ2n) is 9.97. The molecule has 0 aliphatic carbocycles. The number of fused-ring (bicyclic) bond motifs is 5. The largest absolute Gasteiger partial charge is 0.508 e. The van der Waals surface area contributed by atoms with E-state index in [1.54, 1.807) is 12.1 Å². The molecule has 1 atom stereocenters. The molecule has 1 unspecified atom stereocenters. The van der Waals surface area contributed by atoms with Crippen molar-refractivity contribution in [1.29, 1.82) is 0 Å². The maximum absolute atomic E-state index is 15.0. The fourth-order valence-electron chi connectivity index (χ4n) is 5.15. The molecule has 5 rings (SSSR count). The van der Waals surface area contributed by atoms with Crippen LogP contribution in [0.1, 0.15) is 49.8 Å². The van der Waals surface area contributed by atoms with Crippen LogP contribution >= 0.6 is 0 Å². The summed E-state index contributed by atoms with van der Waals surface area (Å²) in [6.07, 6.45) is 4.39. The minimum Gasteiger partial charge on any atom is -0.508 e. The Hall–Kier alpha value is -3.64. The topological polar surface area (TPSA) is 41.9 Å². The average Bonchev–Trinajstić information content (AvgIpc) is 2.90. The number of benzene rings is 4. The lowest BCUT2D eigenvalue weighted by molar-refractivity contribution is 0.233. The number of nitrogens with zero attached hydrogens (tertiary/aromatic N) is 1. The number of phenolic OH excluding ortho intramolecular Hbond substituents is 1. The second-order valence-corrected chi connectivity index (χ2v) is 9.97. The monoisotopic (exact) mass is 517 g/mol. The Morgan fingerprint density at radius 1 is 0.921 bits per heavy atom. The molecule has 1 N–H and O–H groups in total. The zero-order valence-corrected chi connectivity index (χ0v) is 21.8. The summed E-state index contributed by atoms with van der Waals surface area (Å²) in [6.45, 7) is 4.72. The maximum atomic E-state index is 15.0. The molecule has 0 spiro atoms. The van der Waals surface area contributed by atoms with Crippen LogP contribution in [0.4, 0.5) is 8.78 Å². The van der Waals surface area contributed by atoms with Crippen LogP contribution in [0.3, 0.4) is 0 Å². The van der Waals surface area contributed by atoms with Gasteiger partial charge >= 0.3 is 0 Å². The van der Waals surface area contributed by atoms with Gasteiger partial charge in [0, 0.05) is 24.2 Å². The number of likely N-dealkylation sites (N-methyl/N-ethyl adjacent to an activating group) is 1. The van der Waals surface area contributed by atoms with Gasteiger partial charge in [0.2, 0.25) is 0 Å². The molecule has 198 valence electrons. The summed E-state index contributed by atoms with van der Waals surface area (Å²) in [6, 6.07) is 18.5. The van der Waals surface area contributed by atoms with Crippen LogP contribution in [0.15, 0.2) is 66.7 Å². The molecular formula is C32H33F2NO3. The van der Waals surface area contributed by atoms with Crippen LogP contribution in [0.2, 0.25) is 0 Å². The van der Waals surface area contributed by atoms with Crippen LogP contribution in [-0.2, 0) is 0 Å². The first-order valence-electron chi connectivity index (χ1n) is 13.3. The van der Waals surface area contributed by atoms with Gasteiger partial charge in [-0.2, -0.15) is 0 Å². The van der Waals surface area contributed by atoms with Crippen molar-refractivity contribution in [2.75, 3.05) is 26.7 Å². The first-order valence-corrected chi connectivity index (χ1v) is 13.3. The van der Waals surface area contributed by atoms with Crippen LogP contribution in [0.5, 0.6) is 17.2 Å². The Morgan fingerprint density at radius 3 is 2.53 bits per heavy atom. The lowest BCUT2D eigenvalue weighted by atomic mass is 9.85. The molecule has 4 aromatic carbocycles. The molecule has 0 radical (unpaired) electrons. The van der Waals surface area contributed by atoms with E-state index in [1.807, 2.05) is 42.5 Å². The smallest absolute Gasteiger partial charge is 0.150 e. The number of unbranched alkanes of at least 4 members (excludes halogenated alkanes) is 3. The zero-order chi connectivity index (χ0) is 26.6. The molecule has 1 heterocycles. The number of hydrogen-bond donors (Lipinski definition) is 1. The van der Waals surface area contributed by atoms with E-state index in [9.17, 15) is 13.9 Å². The fraction of sp³-hybridized carbons (Fsp3) is 0.312. The predicted octanol–water partition coefficient (Wildman–Crippen LogP) is 7.86. The van der Waals surface area contributed by atoms with Gasteiger partial charge in [-0.05, 0) is 66.2 Å². The van der Waals surface area contributed by atoms with E-state index in [0.717, 1.165) is 46.8 Å². The van der Waals surface area contributed by atoms with Crippen molar-refractivity contribution in [2.45, 2.75) is 38.7 Å². The number of rotatable bonds is 10. The van der Waals surface area contributed by atoms with Crippen LogP contribution < -0.4 is 9.47 Å². The summed E-state index contributed by atoms with van der Waals surface area (Å²) >= 11 is 0. The van der Waals surface area contributed by atoms with Crippen molar-refractivity contribution in [3.8, 4) is 28.4 Å². The van der Waals surface area contributed by atoms with E-state index < -0.39 is 17.7 Å². The molecule has 1 aliphatic heterocycles. The van der Waals surface area contributed by atoms with Gasteiger partial charge in [-0.1, -0.05) is 56.5 Å². The summed E-state index contributed by atoms with van der Waals surface area (Å²) in [4.78, 5) is 2.29. The zero-order valence-electron chi connectivity index (χ0n) is 21.8. The molecule has 0 bridgehead atoms. The van der Waals surface area contributed by atoms with E-state index in [0.29, 0.717) is 12.2 Å². The first-order chi connectivity index (χ1) is 18.4. The van der Waals surface area contributed by atoms with Crippen molar-refractivity contribution >= 4 is 10.8 Å². The lowest BCUT2D eigenvalue weighted by Crippen LogP contribution is -2.25. The Balaban J connectivity index is 1.39. The van der Waals surface area contributed by atoms with Crippen molar-refractivity contribution < 1.29 is 23.4 Å². The molecule has 0 amide bonds. The molecule has 4 aromatic rings. The lowest BCUT2D eigenvalue weighted by Gasteiger charge is -2.31. The third-order valence-corrected chi connectivity index (χ3v) is 7.16. The number of phenols is 1. The molecular weight excluding hydrogens is 484 g/mol. The maximum Gasteiger partial charge on any atom is 0.150 e. The van der Waals surface area contributed by atoms with Crippen LogP contribution in [-0.4, -0.2) is 36.8 Å². The second kappa shape index (κ2) is 11.4. The summed E-state index contributed by atoms with van der Waals surface area (Å²) in [7, 11) is 2.11. The van der Waals surface area contributed by atoms with Crippen LogP contribution in [0, 0.1) is 11.6 Å². The van der Waals surface area contributed by atoms with Gasteiger partial charge in [-0.3, -0.25) is 0 Å². The fourth-order valence-corrected chi connectivity index (χ4v) is 5.15. The van der Waals surface area contributed by atoms with Crippen LogP contribution in [0.25, 0.3) is 21.9 Å². The van der Waals surface area contributed by atoms with Gasteiger partial charge in [-0.15, -0.1) is 0 Å². The molecule has 38 heavy (non-hydrogen) atoms. The van der Waals surface area contributed by atoms with E-state index in [-0.39, 0.29) is 17.1 Å². The normalized spacial score (nSPS) is 14.3.